The van der Waals surface area contributed by atoms with Crippen molar-refractivity contribution in [2.45, 2.75) is 20.8 Å². The van der Waals surface area contributed by atoms with Gasteiger partial charge in [0.15, 0.2) is 0 Å². The number of hydrogen-bond acceptors (Lipinski definition) is 1. The summed E-state index contributed by atoms with van der Waals surface area (Å²) >= 11 is 1.75. The summed E-state index contributed by atoms with van der Waals surface area (Å²) in [6.07, 6.45) is 0. The minimum atomic E-state index is -0.160. The van der Waals surface area contributed by atoms with Crippen LogP contribution in [0.25, 0.3) is 31.9 Å². The Balaban J connectivity index is 2.00. The van der Waals surface area contributed by atoms with Crippen LogP contribution in [0.4, 0.5) is 4.39 Å². The molecule has 0 aliphatic rings. The maximum atomic E-state index is 14.9. The monoisotopic (exact) mass is 362 g/mol. The number of fused-ring (bicyclic) bond motifs is 1. The van der Waals surface area contributed by atoms with E-state index in [9.17, 15) is 4.39 Å². The van der Waals surface area contributed by atoms with Crippen molar-refractivity contribution in [1.29, 1.82) is 0 Å². The fourth-order valence-corrected chi connectivity index (χ4v) is 4.90. The van der Waals surface area contributed by atoms with Crippen molar-refractivity contribution < 1.29 is 8.96 Å². The Labute approximate surface area is 157 Å². The van der Waals surface area contributed by atoms with Gasteiger partial charge < -0.3 is 0 Å². The summed E-state index contributed by atoms with van der Waals surface area (Å²) < 4.78 is 18.3. The predicted molar refractivity (Wildman–Crippen MR) is 108 cm³/mol. The summed E-state index contributed by atoms with van der Waals surface area (Å²) in [5, 5.41) is 1.15. The van der Waals surface area contributed by atoms with Crippen molar-refractivity contribution in [2.75, 3.05) is 0 Å². The van der Waals surface area contributed by atoms with E-state index < -0.39 is 0 Å². The second-order valence-corrected chi connectivity index (χ2v) is 7.88. The molecular formula is C23H21FNS+. The highest BCUT2D eigenvalue weighted by Gasteiger charge is 2.22. The third-order valence-corrected chi connectivity index (χ3v) is 6.29. The van der Waals surface area contributed by atoms with Crippen molar-refractivity contribution in [3.63, 3.8) is 0 Å². The minimum absolute atomic E-state index is 0.160. The van der Waals surface area contributed by atoms with E-state index in [1.165, 1.54) is 10.2 Å². The van der Waals surface area contributed by atoms with Crippen molar-refractivity contribution in [1.82, 2.24) is 0 Å². The number of thiazole rings is 1. The van der Waals surface area contributed by atoms with Crippen LogP contribution in [-0.4, -0.2) is 0 Å². The van der Waals surface area contributed by atoms with Crippen LogP contribution in [0.1, 0.15) is 16.7 Å². The number of aromatic nitrogens is 1. The lowest BCUT2D eigenvalue weighted by Gasteiger charge is -2.13. The van der Waals surface area contributed by atoms with E-state index in [4.69, 9.17) is 0 Å². The molecule has 1 nitrogen and oxygen atoms in total. The summed E-state index contributed by atoms with van der Waals surface area (Å²) in [7, 11) is 2.08. The summed E-state index contributed by atoms with van der Waals surface area (Å²) in [6, 6.07) is 18.2. The van der Waals surface area contributed by atoms with Gasteiger partial charge in [0.2, 0.25) is 5.52 Å². The van der Waals surface area contributed by atoms with E-state index in [1.807, 2.05) is 45.0 Å². The molecule has 0 bridgehead atoms. The summed E-state index contributed by atoms with van der Waals surface area (Å²) in [5.74, 6) is -0.160. The lowest BCUT2D eigenvalue weighted by molar-refractivity contribution is -0.629. The summed E-state index contributed by atoms with van der Waals surface area (Å²) in [6.45, 7) is 6.07. The van der Waals surface area contributed by atoms with E-state index >= 15 is 0 Å². The first-order valence-electron chi connectivity index (χ1n) is 8.72. The lowest BCUT2D eigenvalue weighted by Crippen LogP contribution is -2.28. The lowest BCUT2D eigenvalue weighted by atomic mass is 9.93. The van der Waals surface area contributed by atoms with E-state index in [-0.39, 0.29) is 5.82 Å². The van der Waals surface area contributed by atoms with Gasteiger partial charge in [0.25, 0.3) is 5.01 Å². The van der Waals surface area contributed by atoms with Crippen LogP contribution in [0.5, 0.6) is 0 Å². The number of hydrogen-bond donors (Lipinski definition) is 0. The Kier molecular flexibility index (Phi) is 4.12. The van der Waals surface area contributed by atoms with Gasteiger partial charge in [0.05, 0.1) is 5.56 Å². The molecule has 4 rings (SSSR count). The second kappa shape index (κ2) is 6.33. The zero-order chi connectivity index (χ0) is 18.4. The zero-order valence-corrected chi connectivity index (χ0v) is 16.2. The molecule has 0 spiro atoms. The second-order valence-electron chi connectivity index (χ2n) is 6.85. The van der Waals surface area contributed by atoms with Crippen LogP contribution < -0.4 is 4.57 Å². The largest absolute Gasteiger partial charge is 0.270 e. The number of benzene rings is 3. The molecule has 130 valence electrons. The van der Waals surface area contributed by atoms with Gasteiger partial charge >= 0.3 is 0 Å². The van der Waals surface area contributed by atoms with Crippen LogP contribution in [0.3, 0.4) is 0 Å². The SMILES string of the molecule is Cc1cc(F)c(-c2c(C)cccc2C)cc1-c1sc2ccccc2[n+]1C. The molecule has 0 saturated heterocycles. The van der Waals surface area contributed by atoms with E-state index in [2.05, 4.69) is 35.9 Å². The van der Waals surface area contributed by atoms with Gasteiger partial charge in [-0.25, -0.2) is 4.39 Å². The minimum Gasteiger partial charge on any atom is -0.206 e. The predicted octanol–water partition coefficient (Wildman–Crippen LogP) is 6.12. The molecule has 3 aromatic carbocycles. The maximum Gasteiger partial charge on any atom is 0.270 e. The Bertz CT molecular complexity index is 1120. The molecular weight excluding hydrogens is 341 g/mol. The van der Waals surface area contributed by atoms with Crippen LogP contribution in [0, 0.1) is 26.6 Å². The highest BCUT2D eigenvalue weighted by molar-refractivity contribution is 7.21. The molecule has 0 saturated carbocycles. The molecule has 0 unspecified atom stereocenters. The van der Waals surface area contributed by atoms with Crippen LogP contribution in [0.2, 0.25) is 0 Å². The van der Waals surface area contributed by atoms with E-state index in [0.29, 0.717) is 5.56 Å². The highest BCUT2D eigenvalue weighted by Crippen LogP contribution is 2.36. The molecule has 0 amide bonds. The van der Waals surface area contributed by atoms with Gasteiger partial charge in [-0.2, -0.15) is 4.57 Å². The third kappa shape index (κ3) is 2.63. The van der Waals surface area contributed by atoms with Crippen LogP contribution in [0.15, 0.2) is 54.6 Å². The topological polar surface area (TPSA) is 3.88 Å². The fraction of sp³-hybridized carbons (Fsp3) is 0.174. The molecule has 0 atom stereocenters. The first-order chi connectivity index (χ1) is 12.5. The summed E-state index contributed by atoms with van der Waals surface area (Å²) in [5.41, 5.74) is 7.12. The Morgan fingerprint density at radius 1 is 0.808 bits per heavy atom. The normalized spacial score (nSPS) is 11.3. The highest BCUT2D eigenvalue weighted by atomic mass is 32.1. The summed E-state index contributed by atoms with van der Waals surface area (Å²) in [4.78, 5) is 0. The molecule has 3 heteroatoms. The molecule has 1 aromatic heterocycles. The molecule has 0 aliphatic carbocycles. The molecule has 26 heavy (non-hydrogen) atoms. The average Bonchev–Trinajstić information content (AvgIpc) is 2.93. The van der Waals surface area contributed by atoms with Crippen LogP contribution >= 0.6 is 11.3 Å². The number of halogens is 1. The zero-order valence-electron chi connectivity index (χ0n) is 15.4. The first-order valence-corrected chi connectivity index (χ1v) is 9.53. The van der Waals surface area contributed by atoms with Crippen molar-refractivity contribution in [3.8, 4) is 21.7 Å². The first kappa shape index (κ1) is 16.9. The maximum absolute atomic E-state index is 14.9. The standard InChI is InChI=1S/C23H21FNS/c1-14-8-7-9-15(2)22(14)18-13-17(16(3)12-19(18)24)23-25(4)20-10-5-6-11-21(20)26-23/h5-13H,1-4H3/q+1. The number of rotatable bonds is 2. The van der Waals surface area contributed by atoms with Crippen molar-refractivity contribution in [2.24, 2.45) is 7.05 Å². The molecule has 1 heterocycles. The molecule has 0 radical (unpaired) electrons. The molecule has 4 aromatic rings. The number of para-hydroxylation sites is 1. The van der Waals surface area contributed by atoms with Gasteiger partial charge in [-0.05, 0) is 61.2 Å². The van der Waals surface area contributed by atoms with Crippen LogP contribution in [-0.2, 0) is 7.05 Å². The smallest absolute Gasteiger partial charge is 0.206 e. The van der Waals surface area contributed by atoms with E-state index in [1.54, 1.807) is 17.4 Å². The van der Waals surface area contributed by atoms with Crippen molar-refractivity contribution >= 4 is 21.6 Å². The van der Waals surface area contributed by atoms with Gasteiger partial charge in [-0.1, -0.05) is 41.7 Å². The fourth-order valence-electron chi connectivity index (χ4n) is 3.67. The number of aryl methyl sites for hydroxylation is 4. The molecule has 0 N–H and O–H groups in total. The van der Waals surface area contributed by atoms with Gasteiger partial charge in [-0.15, -0.1) is 0 Å². The quantitative estimate of drug-likeness (QED) is 0.378. The average molecular weight is 362 g/mol. The molecule has 0 aliphatic heterocycles. The van der Waals surface area contributed by atoms with Crippen molar-refractivity contribution in [3.05, 3.63) is 77.1 Å². The Hall–Kier alpha value is -2.52. The molecule has 0 fully saturated rings. The van der Waals surface area contributed by atoms with Gasteiger partial charge in [-0.3, -0.25) is 0 Å². The number of nitrogens with zero attached hydrogens (tertiary/aromatic N) is 1. The Morgan fingerprint density at radius 2 is 1.50 bits per heavy atom. The third-order valence-electron chi connectivity index (χ3n) is 5.03. The van der Waals surface area contributed by atoms with Gasteiger partial charge in [0.1, 0.15) is 17.6 Å². The Morgan fingerprint density at radius 3 is 2.19 bits per heavy atom. The van der Waals surface area contributed by atoms with Gasteiger partial charge in [0, 0.05) is 11.6 Å². The van der Waals surface area contributed by atoms with E-state index in [0.717, 1.165) is 32.8 Å².